The number of hydrogen-bond donors (Lipinski definition) is 2. The van der Waals surface area contributed by atoms with E-state index in [1.807, 2.05) is 56.3 Å². The summed E-state index contributed by atoms with van der Waals surface area (Å²) in [6, 6.07) is 20.0. The van der Waals surface area contributed by atoms with Crippen LogP contribution < -0.4 is 15.4 Å². The van der Waals surface area contributed by atoms with Crippen molar-refractivity contribution < 1.29 is 9.53 Å². The Morgan fingerprint density at radius 2 is 1.73 bits per heavy atom. The average Bonchev–Trinajstić information content (AvgIpc) is 2.65. The maximum atomic E-state index is 12.0. The van der Waals surface area contributed by atoms with Crippen molar-refractivity contribution in [1.82, 2.24) is 5.32 Å². The molecule has 1 amide bonds. The largest absolute Gasteiger partial charge is 0.496 e. The number of rotatable bonds is 6. The summed E-state index contributed by atoms with van der Waals surface area (Å²) in [5, 5.41) is 8.68. The Labute approximate surface area is 154 Å². The molecule has 0 unspecified atom stereocenters. The predicted molar refractivity (Wildman–Crippen MR) is 107 cm³/mol. The summed E-state index contributed by atoms with van der Waals surface area (Å²) in [7, 11) is 1.69. The van der Waals surface area contributed by atoms with Crippen LogP contribution in [0.25, 0.3) is 10.8 Å². The minimum Gasteiger partial charge on any atom is -0.496 e. The molecule has 0 radical (unpaired) electrons. The number of ether oxygens (including phenoxy) is 1. The minimum atomic E-state index is -0.0535. The number of nitrogens with one attached hydrogen (secondary N) is 2. The van der Waals surface area contributed by atoms with Gasteiger partial charge in [0.2, 0.25) is 0 Å². The Morgan fingerprint density at radius 1 is 1.00 bits per heavy atom. The Bertz CT molecular complexity index is 902. The SMILES string of the molecule is COc1ccc2ccccc2c1CNc1ccc(C(=O)NC(C)C)cc1. The van der Waals surface area contributed by atoms with Crippen LogP contribution in [-0.4, -0.2) is 19.1 Å². The third kappa shape index (κ3) is 3.97. The van der Waals surface area contributed by atoms with E-state index < -0.39 is 0 Å². The van der Waals surface area contributed by atoms with E-state index in [9.17, 15) is 4.79 Å². The average molecular weight is 348 g/mol. The Kier molecular flexibility index (Phi) is 5.42. The third-order valence-corrected chi connectivity index (χ3v) is 4.25. The quantitative estimate of drug-likeness (QED) is 0.684. The molecule has 0 fully saturated rings. The highest BCUT2D eigenvalue weighted by Gasteiger charge is 2.09. The van der Waals surface area contributed by atoms with Crippen molar-refractivity contribution in [2.75, 3.05) is 12.4 Å². The van der Waals surface area contributed by atoms with Crippen LogP contribution in [0.5, 0.6) is 5.75 Å². The fraction of sp³-hybridized carbons (Fsp3) is 0.227. The number of fused-ring (bicyclic) bond motifs is 1. The molecule has 0 aliphatic carbocycles. The number of amides is 1. The molecule has 26 heavy (non-hydrogen) atoms. The molecule has 0 heterocycles. The standard InChI is InChI=1S/C22H24N2O2/c1-15(2)24-22(25)17-8-11-18(12-9-17)23-14-20-19-7-5-4-6-16(19)10-13-21(20)26-3/h4-13,15,23H,14H2,1-3H3,(H,24,25). The lowest BCUT2D eigenvalue weighted by Gasteiger charge is -2.14. The van der Waals surface area contributed by atoms with E-state index >= 15 is 0 Å². The molecule has 0 saturated heterocycles. The highest BCUT2D eigenvalue weighted by molar-refractivity contribution is 5.94. The third-order valence-electron chi connectivity index (χ3n) is 4.25. The molecule has 0 aliphatic rings. The molecule has 4 heteroatoms. The van der Waals surface area contributed by atoms with E-state index in [1.54, 1.807) is 7.11 Å². The first-order valence-electron chi connectivity index (χ1n) is 8.78. The summed E-state index contributed by atoms with van der Waals surface area (Å²) >= 11 is 0. The first kappa shape index (κ1) is 17.8. The van der Waals surface area contributed by atoms with Gasteiger partial charge in [-0.3, -0.25) is 4.79 Å². The molecular weight excluding hydrogens is 324 g/mol. The van der Waals surface area contributed by atoms with Gasteiger partial charge in [-0.2, -0.15) is 0 Å². The highest BCUT2D eigenvalue weighted by Crippen LogP contribution is 2.28. The monoisotopic (exact) mass is 348 g/mol. The van der Waals surface area contributed by atoms with E-state index in [1.165, 1.54) is 10.8 Å². The summed E-state index contributed by atoms with van der Waals surface area (Å²) in [5.41, 5.74) is 2.74. The molecule has 0 spiro atoms. The summed E-state index contributed by atoms with van der Waals surface area (Å²) in [5.74, 6) is 0.811. The molecule has 0 aromatic heterocycles. The molecule has 134 valence electrons. The van der Waals surface area contributed by atoms with E-state index in [-0.39, 0.29) is 11.9 Å². The molecule has 2 N–H and O–H groups in total. The zero-order chi connectivity index (χ0) is 18.5. The van der Waals surface area contributed by atoms with Gasteiger partial charge in [0.1, 0.15) is 5.75 Å². The maximum Gasteiger partial charge on any atom is 0.251 e. The van der Waals surface area contributed by atoms with Crippen LogP contribution in [0, 0.1) is 0 Å². The van der Waals surface area contributed by atoms with Gasteiger partial charge in [0.15, 0.2) is 0 Å². The van der Waals surface area contributed by atoms with Crippen LogP contribution >= 0.6 is 0 Å². The molecule has 4 nitrogen and oxygen atoms in total. The maximum absolute atomic E-state index is 12.0. The van der Waals surface area contributed by atoms with Gasteiger partial charge in [-0.05, 0) is 55.0 Å². The molecular formula is C22H24N2O2. The summed E-state index contributed by atoms with van der Waals surface area (Å²) < 4.78 is 5.54. The van der Waals surface area contributed by atoms with Crippen molar-refractivity contribution in [3.05, 3.63) is 71.8 Å². The van der Waals surface area contributed by atoms with Crippen molar-refractivity contribution >= 4 is 22.4 Å². The van der Waals surface area contributed by atoms with Crippen molar-refractivity contribution in [3.63, 3.8) is 0 Å². The summed E-state index contributed by atoms with van der Waals surface area (Å²) in [6.07, 6.45) is 0. The number of methoxy groups -OCH3 is 1. The van der Waals surface area contributed by atoms with Gasteiger partial charge < -0.3 is 15.4 Å². The Balaban J connectivity index is 1.77. The molecule has 3 aromatic rings. The van der Waals surface area contributed by atoms with Gasteiger partial charge in [0.25, 0.3) is 5.91 Å². The van der Waals surface area contributed by atoms with E-state index in [4.69, 9.17) is 4.74 Å². The fourth-order valence-corrected chi connectivity index (χ4v) is 2.96. The second-order valence-electron chi connectivity index (χ2n) is 6.53. The lowest BCUT2D eigenvalue weighted by Crippen LogP contribution is -2.29. The lowest BCUT2D eigenvalue weighted by molar-refractivity contribution is 0.0943. The molecule has 0 saturated carbocycles. The van der Waals surface area contributed by atoms with Gasteiger partial charge in [-0.1, -0.05) is 30.3 Å². The van der Waals surface area contributed by atoms with Crippen LogP contribution in [0.1, 0.15) is 29.8 Å². The zero-order valence-electron chi connectivity index (χ0n) is 15.4. The second-order valence-corrected chi connectivity index (χ2v) is 6.53. The number of carbonyl (C=O) groups is 1. The van der Waals surface area contributed by atoms with Crippen LogP contribution in [0.2, 0.25) is 0 Å². The van der Waals surface area contributed by atoms with Gasteiger partial charge in [0, 0.05) is 29.4 Å². The number of anilines is 1. The second kappa shape index (κ2) is 7.91. The van der Waals surface area contributed by atoms with Gasteiger partial charge >= 0.3 is 0 Å². The van der Waals surface area contributed by atoms with Crippen molar-refractivity contribution in [3.8, 4) is 5.75 Å². The van der Waals surface area contributed by atoms with Crippen molar-refractivity contribution in [1.29, 1.82) is 0 Å². The zero-order valence-corrected chi connectivity index (χ0v) is 15.4. The van der Waals surface area contributed by atoms with Crippen molar-refractivity contribution in [2.24, 2.45) is 0 Å². The van der Waals surface area contributed by atoms with Gasteiger partial charge in [0.05, 0.1) is 7.11 Å². The fourth-order valence-electron chi connectivity index (χ4n) is 2.96. The number of benzene rings is 3. The Hall–Kier alpha value is -3.01. The predicted octanol–water partition coefficient (Wildman–Crippen LogP) is 4.60. The van der Waals surface area contributed by atoms with E-state index in [0.717, 1.165) is 17.0 Å². The van der Waals surface area contributed by atoms with E-state index in [0.29, 0.717) is 12.1 Å². The van der Waals surface area contributed by atoms with Crippen LogP contribution in [0.3, 0.4) is 0 Å². The normalized spacial score (nSPS) is 10.8. The van der Waals surface area contributed by atoms with Crippen LogP contribution in [0.15, 0.2) is 60.7 Å². The van der Waals surface area contributed by atoms with Crippen molar-refractivity contribution in [2.45, 2.75) is 26.4 Å². The first-order chi connectivity index (χ1) is 12.6. The lowest BCUT2D eigenvalue weighted by atomic mass is 10.0. The summed E-state index contributed by atoms with van der Waals surface area (Å²) in [6.45, 7) is 4.54. The molecule has 3 aromatic carbocycles. The van der Waals surface area contributed by atoms with Crippen LogP contribution in [0.4, 0.5) is 5.69 Å². The number of carbonyl (C=O) groups excluding carboxylic acids is 1. The minimum absolute atomic E-state index is 0.0535. The molecule has 0 atom stereocenters. The molecule has 0 aliphatic heterocycles. The topological polar surface area (TPSA) is 50.4 Å². The molecule has 0 bridgehead atoms. The molecule has 3 rings (SSSR count). The highest BCUT2D eigenvalue weighted by atomic mass is 16.5. The van der Waals surface area contributed by atoms with Crippen LogP contribution in [-0.2, 0) is 6.54 Å². The first-order valence-corrected chi connectivity index (χ1v) is 8.78. The smallest absolute Gasteiger partial charge is 0.251 e. The number of hydrogen-bond acceptors (Lipinski definition) is 3. The van der Waals surface area contributed by atoms with Gasteiger partial charge in [-0.15, -0.1) is 0 Å². The Morgan fingerprint density at radius 3 is 2.42 bits per heavy atom. The van der Waals surface area contributed by atoms with Gasteiger partial charge in [-0.25, -0.2) is 0 Å². The summed E-state index contributed by atoms with van der Waals surface area (Å²) in [4.78, 5) is 12.0. The van der Waals surface area contributed by atoms with E-state index in [2.05, 4.69) is 28.8 Å².